The van der Waals surface area contributed by atoms with Crippen molar-refractivity contribution in [2.75, 3.05) is 6.61 Å². The Morgan fingerprint density at radius 2 is 3.00 bits per heavy atom. The van der Waals surface area contributed by atoms with Crippen LogP contribution in [0, 0.1) is 0 Å². The maximum atomic E-state index is 10.2. The van der Waals surface area contributed by atoms with Gasteiger partial charge in [-0.1, -0.05) is 0 Å². The molecule has 0 bridgehead atoms. The van der Waals surface area contributed by atoms with Crippen molar-refractivity contribution in [2.24, 2.45) is 0 Å². The van der Waals surface area contributed by atoms with E-state index in [0.29, 0.717) is 6.61 Å². The molecule has 1 aliphatic heterocycles. The summed E-state index contributed by atoms with van der Waals surface area (Å²) in [6.07, 6.45) is 0.261. The average Bonchev–Trinajstić information content (AvgIpc) is 2.50. The molecule has 40 valence electrons. The Hall–Kier alpha value is -0.570. The largest absolute Gasteiger partial charge is 0.481 e. The van der Waals surface area contributed by atoms with E-state index in [4.69, 9.17) is 6.17 Å². The summed E-state index contributed by atoms with van der Waals surface area (Å²) in [7, 11) is 0. The van der Waals surface area contributed by atoms with E-state index in [1.807, 2.05) is 0 Å². The molecule has 7 heavy (non-hydrogen) atoms. The van der Waals surface area contributed by atoms with Gasteiger partial charge in [0.1, 0.15) is 0 Å². The highest BCUT2D eigenvalue weighted by Gasteiger charge is 2.24. The first-order valence-corrected chi connectivity index (χ1v) is 2.10. The molecule has 0 saturated carbocycles. The van der Waals surface area contributed by atoms with E-state index >= 15 is 0 Å². The van der Waals surface area contributed by atoms with Crippen molar-refractivity contribution >= 4 is 5.97 Å². The highest BCUT2D eigenvalue weighted by Crippen LogP contribution is 2.12. The number of aliphatic carboxylic acids is 1. The zero-order valence-corrected chi connectivity index (χ0v) is 3.72. The summed E-state index contributed by atoms with van der Waals surface area (Å²) < 4.78 is 10.8. The van der Waals surface area contributed by atoms with Gasteiger partial charge in [-0.15, -0.1) is 0 Å². The number of carboxylic acids is 1. The quantitative estimate of drug-likeness (QED) is 0.495. The minimum Gasteiger partial charge on any atom is -0.481 e. The fraction of sp³-hybridized carbons (Fsp3) is 0.750. The molecule has 0 spiro atoms. The van der Waals surface area contributed by atoms with Crippen molar-refractivity contribution in [2.45, 2.75) is 12.5 Å². The van der Waals surface area contributed by atoms with Crippen LogP contribution >= 0.6 is 0 Å². The summed E-state index contributed by atoms with van der Waals surface area (Å²) in [4.78, 5) is 10.2. The second-order valence-corrected chi connectivity index (χ2v) is 1.53. The number of rotatable bonds is 2. The molecular weight excluding hydrogens is 96.0 g/mol. The molecule has 1 N–H and O–H groups in total. The van der Waals surface area contributed by atoms with Crippen molar-refractivity contribution in [3.8, 4) is 0 Å². The molecule has 0 amide bonds. The van der Waals surface area contributed by atoms with Gasteiger partial charge >= 0.3 is 5.97 Å². The van der Waals surface area contributed by atoms with Crippen LogP contribution in [0.1, 0.15) is 6.42 Å². The van der Waals surface area contributed by atoms with E-state index in [1.54, 1.807) is 0 Å². The molecule has 0 aromatic heterocycles. The van der Waals surface area contributed by atoms with Crippen LogP contribution in [0.5, 0.6) is 0 Å². The second-order valence-electron chi connectivity index (χ2n) is 1.53. The van der Waals surface area contributed by atoms with Crippen LogP contribution in [0.2, 0.25) is 0 Å². The van der Waals surface area contributed by atoms with Crippen LogP contribution in [-0.2, 0) is 9.53 Å². The highest BCUT2D eigenvalue weighted by molar-refractivity contribution is 5.67. The third kappa shape index (κ3) is 1.55. The molecule has 0 aromatic rings. The van der Waals surface area contributed by atoms with E-state index in [1.165, 1.54) is 0 Å². The highest BCUT2D eigenvalue weighted by atomic mass is 16.6. The lowest BCUT2D eigenvalue weighted by atomic mass is 10.3. The topological polar surface area (TPSA) is 49.8 Å². The fourth-order valence-corrected chi connectivity index (χ4v) is 0.372. The molecule has 1 saturated heterocycles. The first-order valence-electron chi connectivity index (χ1n) is 2.51. The molecule has 1 rings (SSSR count). The van der Waals surface area contributed by atoms with E-state index in [0.717, 1.165) is 0 Å². The van der Waals surface area contributed by atoms with Gasteiger partial charge < -0.3 is 9.85 Å². The van der Waals surface area contributed by atoms with Gasteiger partial charge in [0, 0.05) is 0 Å². The lowest BCUT2D eigenvalue weighted by molar-refractivity contribution is -0.137. The first kappa shape index (κ1) is 3.43. The van der Waals surface area contributed by atoms with Crippen molar-refractivity contribution < 1.29 is 14.6 Å². The van der Waals surface area contributed by atoms with Crippen LogP contribution < -0.4 is 0 Å². The minimum absolute atomic E-state index is 0.0350. The predicted octanol–water partition coefficient (Wildman–Crippen LogP) is -0.140. The minimum atomic E-state index is -0.521. The second kappa shape index (κ2) is 1.50. The van der Waals surface area contributed by atoms with Crippen LogP contribution in [-0.4, -0.2) is 23.8 Å². The maximum absolute atomic E-state index is 10.2. The third-order valence-corrected chi connectivity index (χ3v) is 0.797. The Morgan fingerprint density at radius 1 is 2.29 bits per heavy atom. The van der Waals surface area contributed by atoms with Gasteiger partial charge in [0.2, 0.25) is 0 Å². The van der Waals surface area contributed by atoms with Gasteiger partial charge in [0.25, 0.3) is 1.43 Å². The van der Waals surface area contributed by atoms with Gasteiger partial charge in [-0.25, -0.2) is 0 Å². The molecule has 1 atom stereocenters. The van der Waals surface area contributed by atoms with Crippen LogP contribution in [0.4, 0.5) is 0 Å². The lowest BCUT2D eigenvalue weighted by Gasteiger charge is -1.80. The Bertz CT molecular complexity index is 99.5. The summed E-state index contributed by atoms with van der Waals surface area (Å²) in [5.41, 5.74) is 0. The third-order valence-electron chi connectivity index (χ3n) is 0.797. The van der Waals surface area contributed by atoms with Crippen LogP contribution in [0.3, 0.4) is 0 Å². The molecule has 1 heterocycles. The van der Waals surface area contributed by atoms with Crippen molar-refractivity contribution in [1.29, 1.82) is 1.43 Å². The molecule has 1 aliphatic rings. The molecule has 0 aromatic carbocycles. The van der Waals surface area contributed by atoms with Crippen molar-refractivity contribution in [3.63, 3.8) is 0 Å². The SMILES string of the molecule is [2H]OC(=O)CC1CO1. The van der Waals surface area contributed by atoms with E-state index in [-0.39, 0.29) is 12.5 Å². The zero-order chi connectivity index (χ0) is 5.98. The van der Waals surface area contributed by atoms with Gasteiger partial charge in [-0.3, -0.25) is 4.79 Å². The molecule has 1 fully saturated rings. The first-order chi connectivity index (χ1) is 3.83. The van der Waals surface area contributed by atoms with E-state index in [2.05, 4.69) is 5.11 Å². The average molecular weight is 103 g/mol. The summed E-state index contributed by atoms with van der Waals surface area (Å²) in [5, 5.41) is 3.63. The smallest absolute Gasteiger partial charge is 0.306 e. The number of epoxide rings is 1. The fourth-order valence-electron chi connectivity index (χ4n) is 0.372. The number of hydrogen-bond donors (Lipinski definition) is 1. The van der Waals surface area contributed by atoms with Gasteiger partial charge in [0.05, 0.1) is 19.1 Å². The van der Waals surface area contributed by atoms with Gasteiger partial charge in [-0.2, -0.15) is 0 Å². The van der Waals surface area contributed by atoms with Crippen LogP contribution in [0.15, 0.2) is 0 Å². The number of carbonyl (C=O) groups is 1. The monoisotopic (exact) mass is 103 g/mol. The number of hydrogen-bond acceptors (Lipinski definition) is 3. The predicted molar refractivity (Wildman–Crippen MR) is 22.0 cm³/mol. The van der Waals surface area contributed by atoms with Crippen molar-refractivity contribution in [3.05, 3.63) is 0 Å². The molecule has 0 aliphatic carbocycles. The number of ether oxygens (including phenoxy) is 1. The summed E-state index contributed by atoms with van der Waals surface area (Å²) >= 11 is 0. The summed E-state index contributed by atoms with van der Waals surface area (Å²) in [5.74, 6) is -0.521. The van der Waals surface area contributed by atoms with Crippen molar-refractivity contribution in [1.82, 2.24) is 0 Å². The molecule has 0 radical (unpaired) electrons. The number of carboxylic acid groups (broad SMARTS) is 1. The normalized spacial score (nSPS) is 28.6. The van der Waals surface area contributed by atoms with Gasteiger partial charge in [0.15, 0.2) is 0 Å². The standard InChI is InChI=1S/C4H6O3/c5-4(6)1-3-2-7-3/h3H,1-2H2,(H,5,6)/i/hD. The molecule has 3 heteroatoms. The zero-order valence-electron chi connectivity index (χ0n) is 4.72. The van der Waals surface area contributed by atoms with E-state index in [9.17, 15) is 4.79 Å². The van der Waals surface area contributed by atoms with Gasteiger partial charge in [-0.05, 0) is 0 Å². The summed E-state index contributed by atoms with van der Waals surface area (Å²) in [6, 6.07) is 0. The Labute approximate surface area is 42.4 Å². The van der Waals surface area contributed by atoms with E-state index < -0.39 is 5.97 Å². The lowest BCUT2D eigenvalue weighted by Crippen LogP contribution is -1.98. The summed E-state index contributed by atoms with van der Waals surface area (Å²) in [6.45, 7) is 0.634. The molecule has 3 nitrogen and oxygen atoms in total. The molecule has 1 unspecified atom stereocenters. The Balaban J connectivity index is 2.07. The van der Waals surface area contributed by atoms with Crippen LogP contribution in [0.25, 0.3) is 1.43 Å². The maximum Gasteiger partial charge on any atom is 0.306 e. The molecular formula is C4H6O3. The Morgan fingerprint density at radius 3 is 3.43 bits per heavy atom. The Kier molecular flexibility index (Phi) is 0.736.